The van der Waals surface area contributed by atoms with Crippen molar-refractivity contribution < 1.29 is 0 Å². The van der Waals surface area contributed by atoms with Crippen LogP contribution in [-0.2, 0) is 19.4 Å². The number of rotatable bonds is 7. The first kappa shape index (κ1) is 14.7. The lowest BCUT2D eigenvalue weighted by molar-refractivity contribution is 0.656. The van der Waals surface area contributed by atoms with E-state index in [2.05, 4.69) is 63.0 Å². The third-order valence-electron chi connectivity index (χ3n) is 3.81. The summed E-state index contributed by atoms with van der Waals surface area (Å²) in [7, 11) is 0. The van der Waals surface area contributed by atoms with E-state index in [-0.39, 0.29) is 0 Å². The zero-order valence-corrected chi connectivity index (χ0v) is 13.0. The van der Waals surface area contributed by atoms with E-state index in [1.165, 1.54) is 5.56 Å². The zero-order chi connectivity index (χ0) is 15.2. The Morgan fingerprint density at radius 2 is 1.95 bits per heavy atom. The Hall–Kier alpha value is -2.23. The van der Waals surface area contributed by atoms with Crippen molar-refractivity contribution in [3.63, 3.8) is 0 Å². The summed E-state index contributed by atoms with van der Waals surface area (Å²) in [5.74, 6) is 0.851. The summed E-state index contributed by atoms with van der Waals surface area (Å²) in [6.45, 7) is 3.09. The molecule has 0 N–H and O–H groups in total. The monoisotopic (exact) mass is 293 g/mol. The first-order valence-electron chi connectivity index (χ1n) is 8.00. The van der Waals surface area contributed by atoms with Crippen LogP contribution in [0, 0.1) is 6.20 Å². The van der Waals surface area contributed by atoms with E-state index in [4.69, 9.17) is 0 Å². The lowest BCUT2D eigenvalue weighted by atomic mass is 10.1. The molecule has 0 unspecified atom stereocenters. The maximum atomic E-state index is 4.53. The third-order valence-corrected chi connectivity index (χ3v) is 3.81. The van der Waals surface area contributed by atoms with E-state index < -0.39 is 0 Å². The highest BCUT2D eigenvalue weighted by Gasteiger charge is 2.07. The molecule has 4 nitrogen and oxygen atoms in total. The second kappa shape index (κ2) is 7.16. The highest BCUT2D eigenvalue weighted by Crippen LogP contribution is 2.12. The Balaban J connectivity index is 1.64. The molecule has 0 aliphatic rings. The van der Waals surface area contributed by atoms with Crippen molar-refractivity contribution in [1.82, 2.24) is 19.5 Å². The maximum absolute atomic E-state index is 4.53. The average Bonchev–Trinajstić information content (AvgIpc) is 2.96. The SMILES string of the molecule is CCCCc1n[c]c2c(ncn2CCCc2ccccc2)n1. The molecule has 2 heterocycles. The number of aryl methyl sites for hydroxylation is 3. The Morgan fingerprint density at radius 3 is 2.77 bits per heavy atom. The van der Waals surface area contributed by atoms with Gasteiger partial charge in [0.25, 0.3) is 0 Å². The molecular weight excluding hydrogens is 272 g/mol. The van der Waals surface area contributed by atoms with Gasteiger partial charge in [-0.25, -0.2) is 15.0 Å². The molecule has 0 saturated carbocycles. The van der Waals surface area contributed by atoms with Gasteiger partial charge in [0.05, 0.1) is 6.33 Å². The molecule has 3 aromatic rings. The fourth-order valence-corrected chi connectivity index (χ4v) is 2.55. The van der Waals surface area contributed by atoms with Gasteiger partial charge < -0.3 is 4.57 Å². The summed E-state index contributed by atoms with van der Waals surface area (Å²) < 4.78 is 2.10. The van der Waals surface area contributed by atoms with Crippen LogP contribution >= 0.6 is 0 Å². The van der Waals surface area contributed by atoms with Gasteiger partial charge in [0.1, 0.15) is 17.5 Å². The summed E-state index contributed by atoms with van der Waals surface area (Å²) in [6, 6.07) is 10.6. The molecule has 0 saturated heterocycles. The number of hydrogen-bond donors (Lipinski definition) is 0. The Labute approximate surface area is 131 Å². The first-order chi connectivity index (χ1) is 10.9. The predicted octanol–water partition coefficient (Wildman–Crippen LogP) is 3.60. The van der Waals surface area contributed by atoms with Crippen molar-refractivity contribution >= 4 is 11.2 Å². The van der Waals surface area contributed by atoms with Gasteiger partial charge in [-0.2, -0.15) is 0 Å². The molecule has 0 bridgehead atoms. The van der Waals surface area contributed by atoms with Crippen molar-refractivity contribution in [2.45, 2.75) is 45.6 Å². The Morgan fingerprint density at radius 1 is 1.09 bits per heavy atom. The normalized spacial score (nSPS) is 11.1. The lowest BCUT2D eigenvalue weighted by Gasteiger charge is -2.04. The number of aromatic nitrogens is 4. The van der Waals surface area contributed by atoms with E-state index >= 15 is 0 Å². The van der Waals surface area contributed by atoms with E-state index in [0.717, 1.165) is 55.6 Å². The molecule has 0 atom stereocenters. The summed E-state index contributed by atoms with van der Waals surface area (Å²) in [6.07, 6.45) is 10.3. The molecule has 113 valence electrons. The van der Waals surface area contributed by atoms with Crippen LogP contribution < -0.4 is 0 Å². The Kier molecular flexibility index (Phi) is 4.78. The predicted molar refractivity (Wildman–Crippen MR) is 87.5 cm³/mol. The van der Waals surface area contributed by atoms with E-state index in [1.54, 1.807) is 0 Å². The second-order valence-electron chi connectivity index (χ2n) is 5.55. The number of nitrogens with zero attached hydrogens (tertiary/aromatic N) is 4. The van der Waals surface area contributed by atoms with Crippen LogP contribution in [0.3, 0.4) is 0 Å². The third kappa shape index (κ3) is 3.50. The lowest BCUT2D eigenvalue weighted by Crippen LogP contribution is -2.00. The van der Waals surface area contributed by atoms with Crippen LogP contribution in [0.4, 0.5) is 0 Å². The highest BCUT2D eigenvalue weighted by atomic mass is 15.1. The van der Waals surface area contributed by atoms with Crippen LogP contribution in [-0.4, -0.2) is 19.5 Å². The molecular formula is C18H21N4. The van der Waals surface area contributed by atoms with E-state index in [1.807, 2.05) is 6.33 Å². The fraction of sp³-hybridized carbons (Fsp3) is 0.389. The number of benzene rings is 1. The van der Waals surface area contributed by atoms with Crippen LogP contribution in [0.5, 0.6) is 0 Å². The van der Waals surface area contributed by atoms with Crippen LogP contribution in [0.1, 0.15) is 37.6 Å². The Bertz CT molecular complexity index is 718. The van der Waals surface area contributed by atoms with Crippen LogP contribution in [0.2, 0.25) is 0 Å². The maximum Gasteiger partial charge on any atom is 0.181 e. The quantitative estimate of drug-likeness (QED) is 0.668. The van der Waals surface area contributed by atoms with Gasteiger partial charge in [0.2, 0.25) is 0 Å². The van der Waals surface area contributed by atoms with Crippen molar-refractivity contribution in [1.29, 1.82) is 0 Å². The number of unbranched alkanes of at least 4 members (excludes halogenated alkanes) is 1. The summed E-state index contributed by atoms with van der Waals surface area (Å²) in [5, 5.41) is 0. The molecule has 4 heteroatoms. The van der Waals surface area contributed by atoms with Crippen molar-refractivity contribution in [2.75, 3.05) is 0 Å². The highest BCUT2D eigenvalue weighted by molar-refractivity contribution is 5.68. The smallest absolute Gasteiger partial charge is 0.181 e. The van der Waals surface area contributed by atoms with Gasteiger partial charge in [-0.3, -0.25) is 0 Å². The average molecular weight is 293 g/mol. The minimum absolute atomic E-state index is 0.765. The fourth-order valence-electron chi connectivity index (χ4n) is 2.55. The molecule has 0 fully saturated rings. The van der Waals surface area contributed by atoms with E-state index in [0.29, 0.717) is 0 Å². The molecule has 1 radical (unpaired) electrons. The largest absolute Gasteiger partial charge is 0.327 e. The van der Waals surface area contributed by atoms with Gasteiger partial charge in [-0.1, -0.05) is 43.7 Å². The number of imidazole rings is 1. The minimum atomic E-state index is 0.765. The topological polar surface area (TPSA) is 43.6 Å². The molecule has 3 rings (SSSR count). The summed E-state index contributed by atoms with van der Waals surface area (Å²) in [4.78, 5) is 13.3. The first-order valence-corrected chi connectivity index (χ1v) is 8.00. The van der Waals surface area contributed by atoms with Crippen molar-refractivity contribution in [3.8, 4) is 0 Å². The molecule has 22 heavy (non-hydrogen) atoms. The number of fused-ring (bicyclic) bond motifs is 1. The van der Waals surface area contributed by atoms with Crippen LogP contribution in [0.15, 0.2) is 36.7 Å². The molecule has 0 amide bonds. The minimum Gasteiger partial charge on any atom is -0.327 e. The van der Waals surface area contributed by atoms with Gasteiger partial charge in [0, 0.05) is 13.0 Å². The second-order valence-corrected chi connectivity index (χ2v) is 5.55. The molecule has 1 aromatic carbocycles. The van der Waals surface area contributed by atoms with Crippen LogP contribution in [0.25, 0.3) is 11.2 Å². The summed E-state index contributed by atoms with van der Waals surface area (Å²) in [5.41, 5.74) is 3.04. The molecule has 0 spiro atoms. The van der Waals surface area contributed by atoms with Crippen molar-refractivity contribution in [3.05, 3.63) is 54.2 Å². The molecule has 0 aliphatic heterocycles. The summed E-state index contributed by atoms with van der Waals surface area (Å²) >= 11 is 0. The van der Waals surface area contributed by atoms with E-state index in [9.17, 15) is 0 Å². The van der Waals surface area contributed by atoms with Crippen molar-refractivity contribution in [2.24, 2.45) is 0 Å². The van der Waals surface area contributed by atoms with Gasteiger partial charge in [-0.05, 0) is 24.8 Å². The van der Waals surface area contributed by atoms with Gasteiger partial charge >= 0.3 is 0 Å². The molecule has 0 aliphatic carbocycles. The molecule has 2 aromatic heterocycles. The standard InChI is InChI=1S/C18H21N4/c1-2-3-11-17-19-13-16-18(21-17)20-14-22(16)12-7-10-15-8-5-4-6-9-15/h4-6,8-9,14H,2-3,7,10-12H2,1H3. The zero-order valence-electron chi connectivity index (χ0n) is 13.0. The number of hydrogen-bond acceptors (Lipinski definition) is 3. The van der Waals surface area contributed by atoms with Gasteiger partial charge in [-0.15, -0.1) is 0 Å². The van der Waals surface area contributed by atoms with Gasteiger partial charge in [0.15, 0.2) is 5.65 Å².